The van der Waals surface area contributed by atoms with E-state index in [1.807, 2.05) is 18.2 Å². The number of amides is 2. The number of thiazole rings is 1. The van der Waals surface area contributed by atoms with Crippen LogP contribution in [0.5, 0.6) is 11.5 Å². The molecule has 32 heavy (non-hydrogen) atoms. The number of methoxy groups -OCH3 is 2. The summed E-state index contributed by atoms with van der Waals surface area (Å²) in [6.07, 6.45) is 1.87. The molecule has 0 aliphatic carbocycles. The van der Waals surface area contributed by atoms with Gasteiger partial charge in [0.1, 0.15) is 11.5 Å². The minimum Gasteiger partial charge on any atom is -0.497 e. The van der Waals surface area contributed by atoms with Crippen molar-refractivity contribution in [2.75, 3.05) is 44.1 Å². The average Bonchev–Trinajstić information content (AvgIpc) is 3.27. The first-order valence-corrected chi connectivity index (χ1v) is 11.3. The van der Waals surface area contributed by atoms with Gasteiger partial charge in [0, 0.05) is 25.7 Å². The summed E-state index contributed by atoms with van der Waals surface area (Å²) in [5, 5.41) is 6.40. The monoisotopic (exact) mass is 454 g/mol. The lowest BCUT2D eigenvalue weighted by atomic mass is 9.97. The maximum atomic E-state index is 12.3. The highest BCUT2D eigenvalue weighted by Crippen LogP contribution is 2.31. The molecule has 2 aromatic carbocycles. The molecule has 0 atom stereocenters. The second-order valence-electron chi connectivity index (χ2n) is 7.62. The van der Waals surface area contributed by atoms with E-state index >= 15 is 0 Å². The van der Waals surface area contributed by atoms with E-state index in [0.29, 0.717) is 29.6 Å². The number of carbonyl (C=O) groups excluding carboxylic acids is 2. The van der Waals surface area contributed by atoms with E-state index in [0.717, 1.165) is 36.6 Å². The molecular formula is C23H26N4O4S. The topological polar surface area (TPSA) is 92.8 Å². The number of hydrogen-bond donors (Lipinski definition) is 2. The van der Waals surface area contributed by atoms with Crippen LogP contribution in [0.2, 0.25) is 0 Å². The lowest BCUT2D eigenvalue weighted by Gasteiger charge is -2.31. The molecular weight excluding hydrogens is 428 g/mol. The molecule has 9 heteroatoms. The Hall–Kier alpha value is -3.33. The molecule has 3 aromatic rings. The van der Waals surface area contributed by atoms with Gasteiger partial charge in [-0.15, -0.1) is 0 Å². The molecule has 168 valence electrons. The molecule has 2 heterocycles. The highest BCUT2D eigenvalue weighted by Gasteiger charge is 2.23. The number of rotatable bonds is 6. The van der Waals surface area contributed by atoms with E-state index in [2.05, 4.69) is 21.6 Å². The maximum absolute atomic E-state index is 12.3. The molecule has 1 aliphatic rings. The average molecular weight is 455 g/mol. The van der Waals surface area contributed by atoms with Gasteiger partial charge in [-0.2, -0.15) is 0 Å². The van der Waals surface area contributed by atoms with E-state index < -0.39 is 11.8 Å². The normalized spacial score (nSPS) is 14.2. The number of carbonyl (C=O) groups is 2. The Morgan fingerprint density at radius 3 is 2.59 bits per heavy atom. The number of aromatic nitrogens is 1. The first-order chi connectivity index (χ1) is 15.6. The number of piperidine rings is 1. The molecule has 0 saturated carbocycles. The second-order valence-corrected chi connectivity index (χ2v) is 8.63. The van der Waals surface area contributed by atoms with Crippen molar-refractivity contribution < 1.29 is 19.1 Å². The summed E-state index contributed by atoms with van der Waals surface area (Å²) in [5.74, 6) is -0.0287. The molecule has 1 aliphatic heterocycles. The van der Waals surface area contributed by atoms with Crippen molar-refractivity contribution in [2.45, 2.75) is 12.8 Å². The zero-order valence-corrected chi connectivity index (χ0v) is 18.9. The van der Waals surface area contributed by atoms with Crippen molar-refractivity contribution in [3.05, 3.63) is 42.5 Å². The Morgan fingerprint density at radius 1 is 1.09 bits per heavy atom. The van der Waals surface area contributed by atoms with E-state index in [4.69, 9.17) is 14.5 Å². The van der Waals surface area contributed by atoms with Crippen LogP contribution < -0.4 is 25.0 Å². The molecule has 0 spiro atoms. The Balaban J connectivity index is 1.25. The van der Waals surface area contributed by atoms with Crippen molar-refractivity contribution in [1.82, 2.24) is 10.3 Å². The zero-order chi connectivity index (χ0) is 22.5. The maximum Gasteiger partial charge on any atom is 0.313 e. The van der Waals surface area contributed by atoms with Gasteiger partial charge in [0.15, 0.2) is 5.13 Å². The minimum absolute atomic E-state index is 0.327. The number of nitrogens with zero attached hydrogens (tertiary/aromatic N) is 2. The first kappa shape index (κ1) is 21.9. The number of anilines is 2. The Morgan fingerprint density at radius 2 is 1.88 bits per heavy atom. The zero-order valence-electron chi connectivity index (χ0n) is 18.1. The number of fused-ring (bicyclic) bond motifs is 1. The molecule has 4 rings (SSSR count). The van der Waals surface area contributed by atoms with Crippen LogP contribution >= 0.6 is 11.3 Å². The van der Waals surface area contributed by atoms with Crippen molar-refractivity contribution in [3.63, 3.8) is 0 Å². The number of benzene rings is 2. The molecule has 0 radical (unpaired) electrons. The highest BCUT2D eigenvalue weighted by atomic mass is 32.1. The summed E-state index contributed by atoms with van der Waals surface area (Å²) in [6.45, 7) is 2.24. The molecule has 1 fully saturated rings. The Labute approximate surface area is 190 Å². The smallest absolute Gasteiger partial charge is 0.313 e. The van der Waals surface area contributed by atoms with E-state index in [9.17, 15) is 9.59 Å². The fourth-order valence-corrected chi connectivity index (χ4v) is 4.74. The summed E-state index contributed by atoms with van der Waals surface area (Å²) < 4.78 is 11.6. The highest BCUT2D eigenvalue weighted by molar-refractivity contribution is 7.22. The standard InChI is InChI=1S/C23H26N4O4S/c1-30-16-7-8-17(19(13-16)31-2)25-22(29)21(28)24-14-15-9-11-27(12-10-15)23-26-18-5-3-4-6-20(18)32-23/h3-8,13,15H,9-12,14H2,1-2H3,(H,24,28)(H,25,29). The third-order valence-electron chi connectivity index (χ3n) is 5.58. The first-order valence-electron chi connectivity index (χ1n) is 10.5. The van der Waals surface area contributed by atoms with Gasteiger partial charge in [-0.05, 0) is 43.0 Å². The summed E-state index contributed by atoms with van der Waals surface area (Å²) in [5.41, 5.74) is 1.44. The Bertz CT molecular complexity index is 1080. The van der Waals surface area contributed by atoms with Crippen LogP contribution in [0.4, 0.5) is 10.8 Å². The molecule has 8 nitrogen and oxygen atoms in total. The van der Waals surface area contributed by atoms with Gasteiger partial charge in [0.25, 0.3) is 0 Å². The number of hydrogen-bond acceptors (Lipinski definition) is 7. The SMILES string of the molecule is COc1ccc(NC(=O)C(=O)NCC2CCN(c3nc4ccccc4s3)CC2)c(OC)c1. The lowest BCUT2D eigenvalue weighted by molar-refractivity contribution is -0.136. The molecule has 2 N–H and O–H groups in total. The van der Waals surface area contributed by atoms with Gasteiger partial charge in [0.2, 0.25) is 0 Å². The summed E-state index contributed by atoms with van der Waals surface area (Å²) in [4.78, 5) is 31.6. The van der Waals surface area contributed by atoms with E-state index in [1.54, 1.807) is 36.6 Å². The van der Waals surface area contributed by atoms with E-state index in [-0.39, 0.29) is 0 Å². The van der Waals surface area contributed by atoms with Crippen LogP contribution in [-0.4, -0.2) is 50.7 Å². The lowest BCUT2D eigenvalue weighted by Crippen LogP contribution is -2.41. The minimum atomic E-state index is -0.722. The van der Waals surface area contributed by atoms with Gasteiger partial charge in [-0.25, -0.2) is 4.98 Å². The summed E-state index contributed by atoms with van der Waals surface area (Å²) >= 11 is 1.71. The van der Waals surface area contributed by atoms with Gasteiger partial charge in [-0.1, -0.05) is 23.5 Å². The van der Waals surface area contributed by atoms with Crippen LogP contribution in [0, 0.1) is 5.92 Å². The summed E-state index contributed by atoms with van der Waals surface area (Å²) in [6, 6.07) is 13.1. The molecule has 0 bridgehead atoms. The van der Waals surface area contributed by atoms with Crippen molar-refractivity contribution >= 4 is 44.2 Å². The van der Waals surface area contributed by atoms with Crippen LogP contribution in [0.25, 0.3) is 10.2 Å². The van der Waals surface area contributed by atoms with Gasteiger partial charge >= 0.3 is 11.8 Å². The van der Waals surface area contributed by atoms with Gasteiger partial charge in [-0.3, -0.25) is 9.59 Å². The largest absolute Gasteiger partial charge is 0.497 e. The fraction of sp³-hybridized carbons (Fsp3) is 0.348. The van der Waals surface area contributed by atoms with Crippen molar-refractivity contribution in [2.24, 2.45) is 5.92 Å². The molecule has 1 saturated heterocycles. The number of ether oxygens (including phenoxy) is 2. The van der Waals surface area contributed by atoms with Crippen LogP contribution in [-0.2, 0) is 9.59 Å². The van der Waals surface area contributed by atoms with Gasteiger partial charge in [0.05, 0.1) is 30.1 Å². The van der Waals surface area contributed by atoms with Crippen LogP contribution in [0.15, 0.2) is 42.5 Å². The van der Waals surface area contributed by atoms with E-state index in [1.165, 1.54) is 11.8 Å². The quantitative estimate of drug-likeness (QED) is 0.556. The second kappa shape index (κ2) is 9.86. The third-order valence-corrected chi connectivity index (χ3v) is 6.68. The summed E-state index contributed by atoms with van der Waals surface area (Å²) in [7, 11) is 3.04. The Kier molecular flexibility index (Phi) is 6.75. The fourth-order valence-electron chi connectivity index (χ4n) is 3.72. The third kappa shape index (κ3) is 4.94. The number of para-hydroxylation sites is 1. The van der Waals surface area contributed by atoms with Crippen molar-refractivity contribution in [3.8, 4) is 11.5 Å². The van der Waals surface area contributed by atoms with Crippen molar-refractivity contribution in [1.29, 1.82) is 0 Å². The number of nitrogens with one attached hydrogen (secondary N) is 2. The molecule has 1 aromatic heterocycles. The molecule has 2 amide bonds. The van der Waals surface area contributed by atoms with Gasteiger partial charge < -0.3 is 25.0 Å². The van der Waals surface area contributed by atoms with Crippen LogP contribution in [0.1, 0.15) is 12.8 Å². The predicted molar refractivity (Wildman–Crippen MR) is 126 cm³/mol. The van der Waals surface area contributed by atoms with Crippen LogP contribution in [0.3, 0.4) is 0 Å². The predicted octanol–water partition coefficient (Wildman–Crippen LogP) is 3.28. The molecule has 0 unspecified atom stereocenters.